The minimum absolute atomic E-state index is 0.178. The predicted octanol–water partition coefficient (Wildman–Crippen LogP) is 3.67. The molecular weight excluding hydrogens is 316 g/mol. The largest absolute Gasteiger partial charge is 0.337 e. The molecule has 2 amide bonds. The Morgan fingerprint density at radius 1 is 1.24 bits per heavy atom. The number of aromatic nitrogens is 2. The molecule has 0 spiro atoms. The molecular formula is C19H26N4O2. The molecule has 6 nitrogen and oxygen atoms in total. The summed E-state index contributed by atoms with van der Waals surface area (Å²) in [4.78, 5) is 16.5. The van der Waals surface area contributed by atoms with Crippen LogP contribution in [0.2, 0.25) is 0 Å². The van der Waals surface area contributed by atoms with Crippen molar-refractivity contribution in [3.8, 4) is 0 Å². The standard InChI is InChI=1S/C19H26N4O2/c1-12(16-22-17(23-25-16)19(2,3)4)20-18(24)21-15-10-14(11-15)13-8-6-5-7-9-13/h5-9,12,14-15H,10-11H2,1-4H3,(H2,20,21,24). The highest BCUT2D eigenvalue weighted by Gasteiger charge is 2.32. The van der Waals surface area contributed by atoms with E-state index in [0.717, 1.165) is 12.8 Å². The normalized spacial score (nSPS) is 21.3. The Morgan fingerprint density at radius 2 is 1.92 bits per heavy atom. The lowest BCUT2D eigenvalue weighted by atomic mass is 9.76. The van der Waals surface area contributed by atoms with E-state index in [0.29, 0.717) is 17.6 Å². The van der Waals surface area contributed by atoms with E-state index in [-0.39, 0.29) is 23.5 Å². The van der Waals surface area contributed by atoms with Gasteiger partial charge in [-0.05, 0) is 31.2 Å². The third-order valence-corrected chi connectivity index (χ3v) is 4.57. The second kappa shape index (κ2) is 6.86. The van der Waals surface area contributed by atoms with Gasteiger partial charge in [-0.15, -0.1) is 0 Å². The first kappa shape index (κ1) is 17.5. The first-order chi connectivity index (χ1) is 11.8. The van der Waals surface area contributed by atoms with Gasteiger partial charge in [0.05, 0.1) is 0 Å². The van der Waals surface area contributed by atoms with Gasteiger partial charge in [0.2, 0.25) is 5.89 Å². The van der Waals surface area contributed by atoms with Crippen molar-refractivity contribution < 1.29 is 9.32 Å². The molecule has 1 aliphatic carbocycles. The Hall–Kier alpha value is -2.37. The highest BCUT2D eigenvalue weighted by molar-refractivity contribution is 5.74. The van der Waals surface area contributed by atoms with Crippen molar-refractivity contribution in [2.45, 2.75) is 64.0 Å². The molecule has 1 aliphatic rings. The van der Waals surface area contributed by atoms with Gasteiger partial charge in [-0.2, -0.15) is 4.98 Å². The molecule has 1 heterocycles. The number of benzene rings is 1. The molecule has 1 saturated carbocycles. The number of urea groups is 1. The van der Waals surface area contributed by atoms with Crippen molar-refractivity contribution in [3.63, 3.8) is 0 Å². The van der Waals surface area contributed by atoms with E-state index in [9.17, 15) is 4.79 Å². The Kier molecular flexibility index (Phi) is 4.79. The third-order valence-electron chi connectivity index (χ3n) is 4.57. The lowest BCUT2D eigenvalue weighted by Crippen LogP contribution is -2.48. The van der Waals surface area contributed by atoms with Crippen molar-refractivity contribution in [2.24, 2.45) is 0 Å². The number of hydrogen-bond donors (Lipinski definition) is 2. The first-order valence-corrected chi connectivity index (χ1v) is 8.79. The number of carbonyl (C=O) groups is 1. The summed E-state index contributed by atoms with van der Waals surface area (Å²) < 4.78 is 5.27. The maximum Gasteiger partial charge on any atom is 0.315 e. The minimum Gasteiger partial charge on any atom is -0.337 e. The van der Waals surface area contributed by atoms with Gasteiger partial charge < -0.3 is 15.2 Å². The summed E-state index contributed by atoms with van der Waals surface area (Å²) >= 11 is 0. The van der Waals surface area contributed by atoms with Gasteiger partial charge >= 0.3 is 6.03 Å². The second-order valence-electron chi connectivity index (χ2n) is 7.82. The monoisotopic (exact) mass is 342 g/mol. The van der Waals surface area contributed by atoms with Gasteiger partial charge in [-0.3, -0.25) is 0 Å². The fraction of sp³-hybridized carbons (Fsp3) is 0.526. The Bertz CT molecular complexity index is 715. The molecule has 6 heteroatoms. The molecule has 0 saturated heterocycles. The highest BCUT2D eigenvalue weighted by atomic mass is 16.5. The summed E-state index contributed by atoms with van der Waals surface area (Å²) in [6, 6.07) is 10.1. The van der Waals surface area contributed by atoms with Crippen LogP contribution in [0.5, 0.6) is 0 Å². The van der Waals surface area contributed by atoms with Crippen LogP contribution in [0.3, 0.4) is 0 Å². The van der Waals surface area contributed by atoms with Gasteiger partial charge in [0, 0.05) is 11.5 Å². The van der Waals surface area contributed by atoms with Crippen LogP contribution in [0.1, 0.15) is 69.8 Å². The van der Waals surface area contributed by atoms with Crippen molar-refractivity contribution in [1.29, 1.82) is 0 Å². The zero-order chi connectivity index (χ0) is 18.0. The molecule has 2 aromatic rings. The zero-order valence-electron chi connectivity index (χ0n) is 15.2. The average Bonchev–Trinajstić information content (AvgIpc) is 3.01. The lowest BCUT2D eigenvalue weighted by molar-refractivity contribution is 0.216. The van der Waals surface area contributed by atoms with Gasteiger partial charge in [0.1, 0.15) is 6.04 Å². The van der Waals surface area contributed by atoms with Gasteiger partial charge in [-0.25, -0.2) is 4.79 Å². The van der Waals surface area contributed by atoms with Crippen molar-refractivity contribution in [2.75, 3.05) is 0 Å². The Morgan fingerprint density at radius 3 is 2.52 bits per heavy atom. The number of rotatable bonds is 4. The molecule has 1 aromatic carbocycles. The number of nitrogens with zero attached hydrogens (tertiary/aromatic N) is 2. The fourth-order valence-electron chi connectivity index (χ4n) is 2.93. The molecule has 1 unspecified atom stereocenters. The van der Waals surface area contributed by atoms with Crippen LogP contribution in [-0.2, 0) is 5.41 Å². The Balaban J connectivity index is 1.46. The van der Waals surface area contributed by atoms with E-state index in [1.807, 2.05) is 33.8 Å². The maximum absolute atomic E-state index is 12.2. The predicted molar refractivity (Wildman–Crippen MR) is 95.3 cm³/mol. The molecule has 1 aromatic heterocycles. The molecule has 25 heavy (non-hydrogen) atoms. The summed E-state index contributed by atoms with van der Waals surface area (Å²) in [5.74, 6) is 1.60. The topological polar surface area (TPSA) is 80.0 Å². The number of carbonyl (C=O) groups excluding carboxylic acids is 1. The maximum atomic E-state index is 12.2. The van der Waals surface area contributed by atoms with E-state index < -0.39 is 0 Å². The smallest absolute Gasteiger partial charge is 0.315 e. The summed E-state index contributed by atoms with van der Waals surface area (Å²) in [5.41, 5.74) is 1.16. The highest BCUT2D eigenvalue weighted by Crippen LogP contribution is 2.36. The van der Waals surface area contributed by atoms with Crippen LogP contribution >= 0.6 is 0 Å². The molecule has 0 radical (unpaired) electrons. The van der Waals surface area contributed by atoms with Crippen LogP contribution in [0.25, 0.3) is 0 Å². The van der Waals surface area contributed by atoms with Crippen LogP contribution in [-0.4, -0.2) is 22.2 Å². The van der Waals surface area contributed by atoms with E-state index >= 15 is 0 Å². The van der Waals surface area contributed by atoms with Crippen LogP contribution in [0, 0.1) is 0 Å². The molecule has 134 valence electrons. The van der Waals surface area contributed by atoms with E-state index in [2.05, 4.69) is 45.0 Å². The van der Waals surface area contributed by atoms with Crippen molar-refractivity contribution in [1.82, 2.24) is 20.8 Å². The zero-order valence-corrected chi connectivity index (χ0v) is 15.2. The molecule has 0 aliphatic heterocycles. The van der Waals surface area contributed by atoms with E-state index in [4.69, 9.17) is 4.52 Å². The second-order valence-corrected chi connectivity index (χ2v) is 7.82. The summed E-state index contributed by atoms with van der Waals surface area (Å²) in [5, 5.41) is 9.87. The fourth-order valence-corrected chi connectivity index (χ4v) is 2.93. The molecule has 1 atom stereocenters. The van der Waals surface area contributed by atoms with Crippen LogP contribution < -0.4 is 10.6 Å². The first-order valence-electron chi connectivity index (χ1n) is 8.79. The molecule has 3 rings (SSSR count). The summed E-state index contributed by atoms with van der Waals surface area (Å²) in [6.07, 6.45) is 1.95. The van der Waals surface area contributed by atoms with Crippen LogP contribution in [0.15, 0.2) is 34.9 Å². The minimum atomic E-state index is -0.325. The van der Waals surface area contributed by atoms with Gasteiger partial charge in [-0.1, -0.05) is 56.3 Å². The van der Waals surface area contributed by atoms with E-state index in [1.54, 1.807) is 0 Å². The SMILES string of the molecule is CC(NC(=O)NC1CC(c2ccccc2)C1)c1nc(C(C)(C)C)no1. The van der Waals surface area contributed by atoms with Crippen molar-refractivity contribution >= 4 is 6.03 Å². The quantitative estimate of drug-likeness (QED) is 0.888. The summed E-state index contributed by atoms with van der Waals surface area (Å²) in [6.45, 7) is 7.90. The number of hydrogen-bond acceptors (Lipinski definition) is 4. The Labute approximate surface area is 148 Å². The third kappa shape index (κ3) is 4.18. The van der Waals surface area contributed by atoms with Gasteiger partial charge in [0.25, 0.3) is 0 Å². The molecule has 2 N–H and O–H groups in total. The van der Waals surface area contributed by atoms with E-state index in [1.165, 1.54) is 5.56 Å². The summed E-state index contributed by atoms with van der Waals surface area (Å²) in [7, 11) is 0. The number of amides is 2. The lowest BCUT2D eigenvalue weighted by Gasteiger charge is -2.36. The van der Waals surface area contributed by atoms with Gasteiger partial charge in [0.15, 0.2) is 5.82 Å². The molecule has 1 fully saturated rings. The van der Waals surface area contributed by atoms with Crippen LogP contribution in [0.4, 0.5) is 4.79 Å². The average molecular weight is 342 g/mol. The van der Waals surface area contributed by atoms with Crippen molar-refractivity contribution in [3.05, 3.63) is 47.6 Å². The molecule has 0 bridgehead atoms. The number of nitrogens with one attached hydrogen (secondary N) is 2.